The molecule has 0 fully saturated rings. The number of benzene rings is 2. The molecule has 0 unspecified atom stereocenters. The molecule has 2 aromatic carbocycles. The van der Waals surface area contributed by atoms with Gasteiger partial charge >= 0.3 is 0 Å². The SMILES string of the molecule is Cc1cc(Br)cc2ccc(C(=O)CBr)cc12. The van der Waals surface area contributed by atoms with E-state index in [1.54, 1.807) is 0 Å². The van der Waals surface area contributed by atoms with E-state index in [9.17, 15) is 4.79 Å². The maximum atomic E-state index is 11.6. The van der Waals surface area contributed by atoms with Crippen LogP contribution in [-0.4, -0.2) is 11.1 Å². The highest BCUT2D eigenvalue weighted by Gasteiger charge is 2.06. The Morgan fingerprint density at radius 1 is 1.25 bits per heavy atom. The summed E-state index contributed by atoms with van der Waals surface area (Å²) in [4.78, 5) is 11.6. The fraction of sp³-hybridized carbons (Fsp3) is 0.154. The first kappa shape index (κ1) is 11.8. The van der Waals surface area contributed by atoms with E-state index in [-0.39, 0.29) is 5.78 Å². The Morgan fingerprint density at radius 3 is 2.69 bits per heavy atom. The molecule has 16 heavy (non-hydrogen) atoms. The second-order valence-electron chi connectivity index (χ2n) is 3.72. The summed E-state index contributed by atoms with van der Waals surface area (Å²) in [5, 5.41) is 2.65. The van der Waals surface area contributed by atoms with E-state index >= 15 is 0 Å². The molecule has 0 bridgehead atoms. The molecule has 1 nitrogen and oxygen atoms in total. The summed E-state index contributed by atoms with van der Waals surface area (Å²) in [5.74, 6) is 0.115. The summed E-state index contributed by atoms with van der Waals surface area (Å²) in [6, 6.07) is 9.94. The molecule has 0 amide bonds. The summed E-state index contributed by atoms with van der Waals surface area (Å²) in [7, 11) is 0. The van der Waals surface area contributed by atoms with Crippen LogP contribution in [0.3, 0.4) is 0 Å². The number of aryl methyl sites for hydroxylation is 1. The number of alkyl halides is 1. The Balaban J connectivity index is 2.66. The minimum absolute atomic E-state index is 0.115. The van der Waals surface area contributed by atoms with Gasteiger partial charge in [0.15, 0.2) is 5.78 Å². The predicted octanol–water partition coefficient (Wildman–Crippen LogP) is 4.49. The van der Waals surface area contributed by atoms with Crippen molar-refractivity contribution in [3.05, 3.63) is 45.9 Å². The minimum atomic E-state index is 0.115. The molecular formula is C13H10Br2O. The van der Waals surface area contributed by atoms with Crippen molar-refractivity contribution in [2.45, 2.75) is 6.92 Å². The summed E-state index contributed by atoms with van der Waals surface area (Å²) < 4.78 is 1.07. The van der Waals surface area contributed by atoms with Gasteiger partial charge in [-0.05, 0) is 41.5 Å². The first-order chi connectivity index (χ1) is 7.61. The molecule has 0 aliphatic carbocycles. The first-order valence-electron chi connectivity index (χ1n) is 4.91. The van der Waals surface area contributed by atoms with Gasteiger partial charge < -0.3 is 0 Å². The van der Waals surface area contributed by atoms with Crippen LogP contribution >= 0.6 is 31.9 Å². The molecule has 0 aliphatic rings. The average molecular weight is 342 g/mol. The maximum Gasteiger partial charge on any atom is 0.173 e. The van der Waals surface area contributed by atoms with E-state index in [0.717, 1.165) is 20.8 Å². The molecule has 0 saturated heterocycles. The number of rotatable bonds is 2. The number of carbonyl (C=O) groups is 1. The third-order valence-corrected chi connectivity index (χ3v) is 3.54. The highest BCUT2D eigenvalue weighted by molar-refractivity contribution is 9.10. The van der Waals surface area contributed by atoms with Gasteiger partial charge in [-0.3, -0.25) is 4.79 Å². The van der Waals surface area contributed by atoms with Crippen molar-refractivity contribution < 1.29 is 4.79 Å². The zero-order valence-electron chi connectivity index (χ0n) is 8.76. The lowest BCUT2D eigenvalue weighted by atomic mass is 10.0. The Morgan fingerprint density at radius 2 is 2.00 bits per heavy atom. The number of hydrogen-bond acceptors (Lipinski definition) is 1. The van der Waals surface area contributed by atoms with Gasteiger partial charge in [0.2, 0.25) is 0 Å². The number of hydrogen-bond donors (Lipinski definition) is 0. The van der Waals surface area contributed by atoms with E-state index in [2.05, 4.69) is 50.9 Å². The second kappa shape index (κ2) is 4.68. The number of fused-ring (bicyclic) bond motifs is 1. The molecule has 0 N–H and O–H groups in total. The number of halogens is 2. The third kappa shape index (κ3) is 2.20. The van der Waals surface area contributed by atoms with E-state index in [4.69, 9.17) is 0 Å². The molecular weight excluding hydrogens is 332 g/mol. The van der Waals surface area contributed by atoms with Crippen molar-refractivity contribution in [1.29, 1.82) is 0 Å². The standard InChI is InChI=1S/C13H10Br2O/c1-8-4-11(15)5-9-2-3-10(6-12(8)9)13(16)7-14/h2-6H,7H2,1H3. The van der Waals surface area contributed by atoms with Crippen LogP contribution in [0.15, 0.2) is 34.8 Å². The molecule has 0 heterocycles. The second-order valence-corrected chi connectivity index (χ2v) is 5.19. The van der Waals surface area contributed by atoms with Gasteiger partial charge in [0, 0.05) is 10.0 Å². The van der Waals surface area contributed by atoms with Crippen LogP contribution in [0.1, 0.15) is 15.9 Å². The van der Waals surface area contributed by atoms with Crippen LogP contribution in [-0.2, 0) is 0 Å². The van der Waals surface area contributed by atoms with Crippen LogP contribution in [0.25, 0.3) is 10.8 Å². The van der Waals surface area contributed by atoms with Gasteiger partial charge in [0.05, 0.1) is 5.33 Å². The smallest absolute Gasteiger partial charge is 0.173 e. The lowest BCUT2D eigenvalue weighted by Crippen LogP contribution is -1.99. The van der Waals surface area contributed by atoms with Gasteiger partial charge in [-0.2, -0.15) is 0 Å². The Bertz CT molecular complexity index is 561. The topological polar surface area (TPSA) is 17.1 Å². The summed E-state index contributed by atoms with van der Waals surface area (Å²) in [6.45, 7) is 2.05. The fourth-order valence-corrected chi connectivity index (χ4v) is 2.66. The quantitative estimate of drug-likeness (QED) is 0.581. The van der Waals surface area contributed by atoms with Gasteiger partial charge in [0.1, 0.15) is 0 Å². The van der Waals surface area contributed by atoms with Crippen molar-refractivity contribution in [3.8, 4) is 0 Å². The highest BCUT2D eigenvalue weighted by atomic mass is 79.9. The maximum absolute atomic E-state index is 11.6. The predicted molar refractivity (Wildman–Crippen MR) is 74.5 cm³/mol. The fourth-order valence-electron chi connectivity index (χ4n) is 1.75. The molecule has 3 heteroatoms. The summed E-state index contributed by atoms with van der Waals surface area (Å²) >= 11 is 6.66. The number of Topliss-reactive ketones (excluding diaryl/α,β-unsaturated/α-hetero) is 1. The van der Waals surface area contributed by atoms with Crippen molar-refractivity contribution >= 4 is 48.4 Å². The zero-order valence-corrected chi connectivity index (χ0v) is 11.9. The van der Waals surface area contributed by atoms with Crippen molar-refractivity contribution in [2.75, 3.05) is 5.33 Å². The summed E-state index contributed by atoms with van der Waals surface area (Å²) in [5.41, 5.74) is 1.93. The van der Waals surface area contributed by atoms with Crippen LogP contribution in [0.5, 0.6) is 0 Å². The summed E-state index contributed by atoms with van der Waals surface area (Å²) in [6.07, 6.45) is 0. The van der Waals surface area contributed by atoms with Gasteiger partial charge in [-0.25, -0.2) is 0 Å². The number of carbonyl (C=O) groups excluding carboxylic acids is 1. The molecule has 0 saturated carbocycles. The van der Waals surface area contributed by atoms with E-state index in [1.165, 1.54) is 5.56 Å². The Hall–Kier alpha value is -0.670. The van der Waals surface area contributed by atoms with Crippen molar-refractivity contribution in [3.63, 3.8) is 0 Å². The van der Waals surface area contributed by atoms with E-state index < -0.39 is 0 Å². The molecule has 0 spiro atoms. The van der Waals surface area contributed by atoms with Gasteiger partial charge in [-0.1, -0.05) is 44.0 Å². The van der Waals surface area contributed by atoms with Crippen LogP contribution < -0.4 is 0 Å². The molecule has 0 aliphatic heterocycles. The molecule has 2 aromatic rings. The first-order valence-corrected chi connectivity index (χ1v) is 6.82. The molecule has 82 valence electrons. The normalized spacial score (nSPS) is 10.7. The molecule has 0 atom stereocenters. The lowest BCUT2D eigenvalue weighted by molar-refractivity contribution is 0.102. The van der Waals surface area contributed by atoms with Crippen LogP contribution in [0.4, 0.5) is 0 Å². The largest absolute Gasteiger partial charge is 0.293 e. The average Bonchev–Trinajstić information content (AvgIpc) is 2.27. The molecule has 0 radical (unpaired) electrons. The Kier molecular flexibility index (Phi) is 3.45. The highest BCUT2D eigenvalue weighted by Crippen LogP contribution is 2.25. The van der Waals surface area contributed by atoms with Crippen LogP contribution in [0.2, 0.25) is 0 Å². The minimum Gasteiger partial charge on any atom is -0.293 e. The third-order valence-electron chi connectivity index (χ3n) is 2.57. The van der Waals surface area contributed by atoms with Crippen molar-refractivity contribution in [2.24, 2.45) is 0 Å². The molecule has 0 aromatic heterocycles. The Labute approximate surface area is 111 Å². The van der Waals surface area contributed by atoms with Gasteiger partial charge in [0.25, 0.3) is 0 Å². The molecule has 2 rings (SSSR count). The van der Waals surface area contributed by atoms with Crippen LogP contribution in [0, 0.1) is 6.92 Å². The van der Waals surface area contributed by atoms with E-state index in [1.807, 2.05) is 18.2 Å². The lowest BCUT2D eigenvalue weighted by Gasteiger charge is -2.05. The monoisotopic (exact) mass is 340 g/mol. The van der Waals surface area contributed by atoms with Gasteiger partial charge in [-0.15, -0.1) is 0 Å². The van der Waals surface area contributed by atoms with E-state index in [0.29, 0.717) is 5.33 Å². The zero-order chi connectivity index (χ0) is 11.7. The number of ketones is 1. The van der Waals surface area contributed by atoms with Crippen molar-refractivity contribution in [1.82, 2.24) is 0 Å².